The molecule has 2 bridgehead atoms. The molecule has 0 aromatic heterocycles. The molecule has 3 fully saturated rings. The molecule has 1 aromatic carbocycles. The van der Waals surface area contributed by atoms with Gasteiger partial charge < -0.3 is 10.6 Å². The van der Waals surface area contributed by atoms with Crippen LogP contribution in [0.1, 0.15) is 51.4 Å². The molecule has 27 heavy (non-hydrogen) atoms. The molecule has 3 aliphatic rings. The van der Waals surface area contributed by atoms with Crippen LogP contribution in [0.3, 0.4) is 0 Å². The third-order valence-electron chi connectivity index (χ3n) is 6.42. The lowest BCUT2D eigenvalue weighted by atomic mass is 9.81. The first kappa shape index (κ1) is 18.5. The summed E-state index contributed by atoms with van der Waals surface area (Å²) in [4.78, 5) is 24.4. The zero-order valence-corrected chi connectivity index (χ0v) is 16.2. The van der Waals surface area contributed by atoms with Gasteiger partial charge in [-0.05, 0) is 80.9 Å². The van der Waals surface area contributed by atoms with Crippen LogP contribution < -0.4 is 10.6 Å². The van der Waals surface area contributed by atoms with Crippen molar-refractivity contribution < 1.29 is 18.0 Å². The second kappa shape index (κ2) is 6.93. The molecule has 3 aliphatic carbocycles. The smallest absolute Gasteiger partial charge is 0.313 e. The van der Waals surface area contributed by atoms with Crippen molar-refractivity contribution in [3.63, 3.8) is 0 Å². The lowest BCUT2D eigenvalue weighted by molar-refractivity contribution is -0.136. The van der Waals surface area contributed by atoms with Gasteiger partial charge in [0.05, 0.1) is 10.1 Å². The number of hydrogen-bond donors (Lipinski definition) is 2. The Labute approximate surface area is 160 Å². The zero-order valence-electron chi connectivity index (χ0n) is 15.4. The molecule has 1 aromatic rings. The maximum atomic E-state index is 12.3. The minimum atomic E-state index is -3.33. The van der Waals surface area contributed by atoms with Crippen LogP contribution in [0.25, 0.3) is 0 Å². The first-order valence-corrected chi connectivity index (χ1v) is 11.4. The van der Waals surface area contributed by atoms with Crippen molar-refractivity contribution in [1.29, 1.82) is 0 Å². The minimum Gasteiger partial charge on any atom is -0.348 e. The van der Waals surface area contributed by atoms with E-state index in [1.54, 1.807) is 12.1 Å². The standard InChI is InChI=1S/C20H26N2O4S/c23-18(21-11-10-20-8-6-14(13-20)7-9-20)19(24)22-15-2-1-3-17(12-15)27(25,26)16-4-5-16/h1-3,12,14,16H,4-11,13H2,(H,21,23)(H,22,24). The molecule has 3 saturated carbocycles. The van der Waals surface area contributed by atoms with E-state index in [1.807, 2.05) is 0 Å². The van der Waals surface area contributed by atoms with E-state index in [4.69, 9.17) is 0 Å². The Hall–Kier alpha value is -1.89. The van der Waals surface area contributed by atoms with Gasteiger partial charge in [-0.25, -0.2) is 8.42 Å². The maximum absolute atomic E-state index is 12.3. The predicted octanol–water partition coefficient (Wildman–Crippen LogP) is 2.65. The molecular weight excluding hydrogens is 364 g/mol. The summed E-state index contributed by atoms with van der Waals surface area (Å²) >= 11 is 0. The van der Waals surface area contributed by atoms with E-state index in [1.165, 1.54) is 44.2 Å². The third kappa shape index (κ3) is 3.88. The van der Waals surface area contributed by atoms with Gasteiger partial charge in [-0.15, -0.1) is 0 Å². The molecule has 0 saturated heterocycles. The molecule has 6 nitrogen and oxygen atoms in total. The van der Waals surface area contributed by atoms with Gasteiger partial charge in [0.2, 0.25) is 0 Å². The van der Waals surface area contributed by atoms with E-state index >= 15 is 0 Å². The van der Waals surface area contributed by atoms with E-state index in [0.717, 1.165) is 12.3 Å². The van der Waals surface area contributed by atoms with Crippen LogP contribution in [0.15, 0.2) is 29.2 Å². The van der Waals surface area contributed by atoms with Gasteiger partial charge in [0.25, 0.3) is 0 Å². The summed E-state index contributed by atoms with van der Waals surface area (Å²) < 4.78 is 24.6. The fraction of sp³-hybridized carbons (Fsp3) is 0.600. The Morgan fingerprint density at radius 3 is 2.44 bits per heavy atom. The highest BCUT2D eigenvalue weighted by Gasteiger charge is 2.44. The average Bonchev–Trinajstić information content (AvgIpc) is 3.35. The van der Waals surface area contributed by atoms with Gasteiger partial charge in [0.15, 0.2) is 9.84 Å². The van der Waals surface area contributed by atoms with E-state index < -0.39 is 21.7 Å². The summed E-state index contributed by atoms with van der Waals surface area (Å²) in [6, 6.07) is 6.12. The number of carbonyl (C=O) groups excluding carboxylic acids is 2. The average molecular weight is 391 g/mol. The SMILES string of the molecule is O=C(NCCC12CCC(CC1)C2)C(=O)Nc1cccc(S(=O)(=O)C2CC2)c1. The van der Waals surface area contributed by atoms with Crippen molar-refractivity contribution in [3.05, 3.63) is 24.3 Å². The first-order valence-electron chi connectivity index (χ1n) is 9.81. The number of carbonyl (C=O) groups is 2. The van der Waals surface area contributed by atoms with E-state index in [-0.39, 0.29) is 10.1 Å². The van der Waals surface area contributed by atoms with Crippen molar-refractivity contribution in [2.75, 3.05) is 11.9 Å². The van der Waals surface area contributed by atoms with Crippen molar-refractivity contribution in [2.45, 2.75) is 61.5 Å². The number of hydrogen-bond acceptors (Lipinski definition) is 4. The van der Waals surface area contributed by atoms with Crippen LogP contribution in [0.4, 0.5) is 5.69 Å². The lowest BCUT2D eigenvalue weighted by Gasteiger charge is -2.26. The zero-order chi connectivity index (χ0) is 19.1. The number of anilines is 1. The highest BCUT2D eigenvalue weighted by molar-refractivity contribution is 7.92. The largest absolute Gasteiger partial charge is 0.348 e. The predicted molar refractivity (Wildman–Crippen MR) is 102 cm³/mol. The van der Waals surface area contributed by atoms with Crippen molar-refractivity contribution in [2.24, 2.45) is 11.3 Å². The second-order valence-corrected chi connectivity index (χ2v) is 10.6. The Morgan fingerprint density at radius 2 is 1.81 bits per heavy atom. The van der Waals surface area contributed by atoms with Crippen LogP contribution in [0.2, 0.25) is 0 Å². The Balaban J connectivity index is 1.30. The number of nitrogens with one attached hydrogen (secondary N) is 2. The molecule has 2 amide bonds. The Kier molecular flexibility index (Phi) is 4.74. The highest BCUT2D eigenvalue weighted by atomic mass is 32.2. The van der Waals surface area contributed by atoms with Gasteiger partial charge >= 0.3 is 11.8 Å². The fourth-order valence-corrected chi connectivity index (χ4v) is 6.39. The normalized spacial score (nSPS) is 26.7. The van der Waals surface area contributed by atoms with Crippen LogP contribution in [-0.4, -0.2) is 32.0 Å². The number of fused-ring (bicyclic) bond motifs is 2. The first-order chi connectivity index (χ1) is 12.9. The van der Waals surface area contributed by atoms with E-state index in [2.05, 4.69) is 10.6 Å². The fourth-order valence-electron chi connectivity index (χ4n) is 4.69. The van der Waals surface area contributed by atoms with Crippen LogP contribution in [-0.2, 0) is 19.4 Å². The minimum absolute atomic E-state index is 0.194. The molecule has 0 unspecified atom stereocenters. The number of benzene rings is 1. The van der Waals surface area contributed by atoms with E-state index in [9.17, 15) is 18.0 Å². The van der Waals surface area contributed by atoms with E-state index in [0.29, 0.717) is 30.5 Å². The Morgan fingerprint density at radius 1 is 1.07 bits per heavy atom. The molecule has 2 N–H and O–H groups in total. The van der Waals surface area contributed by atoms with Crippen molar-refractivity contribution in [3.8, 4) is 0 Å². The quantitative estimate of drug-likeness (QED) is 0.731. The summed E-state index contributed by atoms with van der Waals surface area (Å²) in [7, 11) is -3.33. The highest BCUT2D eigenvalue weighted by Crippen LogP contribution is 2.55. The van der Waals surface area contributed by atoms with Crippen LogP contribution in [0, 0.1) is 11.3 Å². The summed E-state index contributed by atoms with van der Waals surface area (Å²) in [5.74, 6) is -0.568. The third-order valence-corrected chi connectivity index (χ3v) is 8.68. The Bertz CT molecular complexity index is 852. The molecular formula is C20H26N2O4S. The molecule has 4 rings (SSSR count). The van der Waals surface area contributed by atoms with Crippen LogP contribution >= 0.6 is 0 Å². The molecule has 0 spiro atoms. The van der Waals surface area contributed by atoms with Gasteiger partial charge in [-0.3, -0.25) is 9.59 Å². The lowest BCUT2D eigenvalue weighted by Crippen LogP contribution is -2.37. The molecule has 0 heterocycles. The molecule has 0 aliphatic heterocycles. The van der Waals surface area contributed by atoms with Gasteiger partial charge in [-0.2, -0.15) is 0 Å². The molecule has 7 heteroatoms. The summed E-state index contributed by atoms with van der Waals surface area (Å²) in [6.07, 6.45) is 8.63. The number of sulfone groups is 1. The summed E-state index contributed by atoms with van der Waals surface area (Å²) in [6.45, 7) is 0.509. The number of rotatable bonds is 6. The monoisotopic (exact) mass is 390 g/mol. The summed E-state index contributed by atoms with van der Waals surface area (Å²) in [5, 5.41) is 4.91. The molecule has 0 atom stereocenters. The van der Waals surface area contributed by atoms with Crippen LogP contribution in [0.5, 0.6) is 0 Å². The van der Waals surface area contributed by atoms with Gasteiger partial charge in [-0.1, -0.05) is 6.07 Å². The van der Waals surface area contributed by atoms with Crippen molar-refractivity contribution in [1.82, 2.24) is 5.32 Å². The van der Waals surface area contributed by atoms with Crippen molar-refractivity contribution >= 4 is 27.3 Å². The van der Waals surface area contributed by atoms with Gasteiger partial charge in [0.1, 0.15) is 0 Å². The van der Waals surface area contributed by atoms with Gasteiger partial charge in [0, 0.05) is 12.2 Å². The second-order valence-electron chi connectivity index (χ2n) is 8.38. The number of amides is 2. The maximum Gasteiger partial charge on any atom is 0.313 e. The topological polar surface area (TPSA) is 92.3 Å². The summed E-state index contributed by atoms with van der Waals surface area (Å²) in [5.41, 5.74) is 0.699. The molecule has 0 radical (unpaired) electrons. The molecule has 146 valence electrons.